The fourth-order valence-corrected chi connectivity index (χ4v) is 4.49. The number of carbonyl (C=O) groups excluding carboxylic acids is 2. The number of aryl methyl sites for hydroxylation is 1. The molecule has 1 aromatic heterocycles. The van der Waals surface area contributed by atoms with Crippen molar-refractivity contribution in [3.05, 3.63) is 71.1 Å². The number of benzene rings is 1. The predicted octanol–water partition coefficient (Wildman–Crippen LogP) is 4.46. The van der Waals surface area contributed by atoms with Crippen LogP contribution in [0.15, 0.2) is 64.8 Å². The van der Waals surface area contributed by atoms with Gasteiger partial charge in [0.25, 0.3) is 5.91 Å². The van der Waals surface area contributed by atoms with Crippen LogP contribution in [0.1, 0.15) is 43.9 Å². The molecule has 1 saturated carbocycles. The van der Waals surface area contributed by atoms with Crippen LogP contribution in [-0.2, 0) is 9.59 Å². The number of allylic oxidation sites excluding steroid dienone is 1. The molecule has 0 spiro atoms. The Morgan fingerprint density at radius 1 is 1.00 bits per heavy atom. The van der Waals surface area contributed by atoms with Gasteiger partial charge in [-0.15, -0.1) is 0 Å². The first kappa shape index (κ1) is 19.2. The van der Waals surface area contributed by atoms with E-state index in [-0.39, 0.29) is 29.4 Å². The smallest absolute Gasteiger partial charge is 0.255 e. The van der Waals surface area contributed by atoms with Crippen LogP contribution < -0.4 is 5.32 Å². The number of aliphatic imine (C=N–C) groups is 1. The molecule has 1 aliphatic heterocycles. The third-order valence-electron chi connectivity index (χ3n) is 5.69. The third kappa shape index (κ3) is 3.77. The molecule has 1 N–H and O–H groups in total. The first-order chi connectivity index (χ1) is 13.9. The zero-order chi connectivity index (χ0) is 20.5. The summed E-state index contributed by atoms with van der Waals surface area (Å²) in [4.78, 5) is 35.5. The van der Waals surface area contributed by atoms with Gasteiger partial charge in [0.1, 0.15) is 11.6 Å². The van der Waals surface area contributed by atoms with Crippen LogP contribution in [0.4, 0.5) is 5.82 Å². The third-order valence-corrected chi connectivity index (χ3v) is 5.69. The molecule has 5 heteroatoms. The van der Waals surface area contributed by atoms with E-state index in [2.05, 4.69) is 17.2 Å². The van der Waals surface area contributed by atoms with Crippen LogP contribution in [0.2, 0.25) is 0 Å². The number of fused-ring (bicyclic) bond motifs is 1. The van der Waals surface area contributed by atoms with Gasteiger partial charge in [-0.05, 0) is 43.9 Å². The number of aromatic nitrogens is 1. The van der Waals surface area contributed by atoms with Crippen LogP contribution in [0.3, 0.4) is 0 Å². The monoisotopic (exact) mass is 387 g/mol. The molecule has 29 heavy (non-hydrogen) atoms. The van der Waals surface area contributed by atoms with Crippen LogP contribution in [0, 0.1) is 18.8 Å². The normalized spacial score (nSPS) is 24.0. The van der Waals surface area contributed by atoms with E-state index >= 15 is 0 Å². The largest absolute Gasteiger partial charge is 0.307 e. The van der Waals surface area contributed by atoms with Gasteiger partial charge >= 0.3 is 0 Å². The number of rotatable bonds is 3. The summed E-state index contributed by atoms with van der Waals surface area (Å²) < 4.78 is 0. The van der Waals surface area contributed by atoms with Crippen molar-refractivity contribution in [1.82, 2.24) is 4.98 Å². The number of Topliss-reactive ketones (excluding diaryl/α,β-unsaturated/α-hetero) is 1. The second kappa shape index (κ2) is 7.74. The van der Waals surface area contributed by atoms with E-state index in [0.29, 0.717) is 23.5 Å². The Bertz CT molecular complexity index is 1020. The molecule has 1 amide bonds. The Kier molecular flexibility index (Phi) is 5.14. The van der Waals surface area contributed by atoms with Gasteiger partial charge in [-0.2, -0.15) is 0 Å². The zero-order valence-corrected chi connectivity index (χ0v) is 17.0. The van der Waals surface area contributed by atoms with E-state index in [1.165, 1.54) is 0 Å². The van der Waals surface area contributed by atoms with E-state index in [4.69, 9.17) is 4.99 Å². The highest BCUT2D eigenvalue weighted by Crippen LogP contribution is 2.43. The van der Waals surface area contributed by atoms with Gasteiger partial charge in [-0.25, -0.2) is 4.98 Å². The highest BCUT2D eigenvalue weighted by atomic mass is 16.2. The fraction of sp³-hybridized carbons (Fsp3) is 0.333. The topological polar surface area (TPSA) is 71.4 Å². The maximum atomic E-state index is 13.3. The number of pyridine rings is 1. The van der Waals surface area contributed by atoms with Crippen molar-refractivity contribution in [3.8, 4) is 0 Å². The Hall–Kier alpha value is -3.08. The number of anilines is 1. The van der Waals surface area contributed by atoms with Gasteiger partial charge in [0.2, 0.25) is 0 Å². The molecule has 1 aliphatic carbocycles. The van der Waals surface area contributed by atoms with Crippen LogP contribution in [0.25, 0.3) is 0 Å². The lowest BCUT2D eigenvalue weighted by molar-refractivity contribution is -0.123. The minimum Gasteiger partial charge on any atom is -0.307 e. The highest BCUT2D eigenvalue weighted by Gasteiger charge is 2.44. The SMILES string of the molecule is CC1=C(C(=O)Nc2cccc(C)n2)[C@@H](c2ccccc2)[C@H]2C(=O)C[C@H](C)CC2=N1. The summed E-state index contributed by atoms with van der Waals surface area (Å²) in [5.41, 5.74) is 3.93. The number of amides is 1. The molecule has 0 bridgehead atoms. The molecule has 2 heterocycles. The van der Waals surface area contributed by atoms with Crippen molar-refractivity contribution in [1.29, 1.82) is 0 Å². The maximum absolute atomic E-state index is 13.3. The minimum atomic E-state index is -0.372. The Morgan fingerprint density at radius 2 is 1.76 bits per heavy atom. The average molecular weight is 387 g/mol. The lowest BCUT2D eigenvalue weighted by atomic mass is 9.67. The summed E-state index contributed by atoms with van der Waals surface area (Å²) in [6.45, 7) is 5.83. The second-order valence-electron chi connectivity index (χ2n) is 8.07. The van der Waals surface area contributed by atoms with Crippen LogP contribution in [-0.4, -0.2) is 22.4 Å². The number of hydrogen-bond donors (Lipinski definition) is 1. The summed E-state index contributed by atoms with van der Waals surface area (Å²) in [7, 11) is 0. The molecule has 0 unspecified atom stereocenters. The molecular weight excluding hydrogens is 362 g/mol. The summed E-state index contributed by atoms with van der Waals surface area (Å²) >= 11 is 0. The van der Waals surface area contributed by atoms with Crippen molar-refractivity contribution in [2.75, 3.05) is 5.32 Å². The molecule has 2 aromatic rings. The van der Waals surface area contributed by atoms with E-state index in [0.717, 1.165) is 23.4 Å². The zero-order valence-electron chi connectivity index (χ0n) is 17.0. The van der Waals surface area contributed by atoms with Gasteiger partial charge in [0, 0.05) is 35.0 Å². The summed E-state index contributed by atoms with van der Waals surface area (Å²) in [5.74, 6) is 0.0117. The molecule has 0 radical (unpaired) electrons. The molecule has 5 nitrogen and oxygen atoms in total. The molecule has 148 valence electrons. The number of ketones is 1. The maximum Gasteiger partial charge on any atom is 0.255 e. The van der Waals surface area contributed by atoms with Crippen LogP contribution in [0.5, 0.6) is 0 Å². The molecule has 3 atom stereocenters. The molecule has 1 aromatic carbocycles. The van der Waals surface area contributed by atoms with E-state index in [9.17, 15) is 9.59 Å². The Morgan fingerprint density at radius 3 is 2.48 bits per heavy atom. The van der Waals surface area contributed by atoms with E-state index < -0.39 is 0 Å². The lowest BCUT2D eigenvalue weighted by Crippen LogP contribution is -2.41. The average Bonchev–Trinajstić information content (AvgIpc) is 2.67. The lowest BCUT2D eigenvalue weighted by Gasteiger charge is -2.37. The summed E-state index contributed by atoms with van der Waals surface area (Å²) in [6, 6.07) is 15.3. The summed E-state index contributed by atoms with van der Waals surface area (Å²) in [5, 5.41) is 2.91. The fourth-order valence-electron chi connectivity index (χ4n) is 4.49. The summed E-state index contributed by atoms with van der Waals surface area (Å²) in [6.07, 6.45) is 1.33. The quantitative estimate of drug-likeness (QED) is 0.845. The first-order valence-corrected chi connectivity index (χ1v) is 10.0. The van der Waals surface area contributed by atoms with Crippen molar-refractivity contribution in [3.63, 3.8) is 0 Å². The van der Waals surface area contributed by atoms with Gasteiger partial charge < -0.3 is 5.32 Å². The molecule has 0 saturated heterocycles. The molecule has 2 aliphatic rings. The first-order valence-electron chi connectivity index (χ1n) is 10.0. The van der Waals surface area contributed by atoms with Gasteiger partial charge in [-0.3, -0.25) is 14.6 Å². The van der Waals surface area contributed by atoms with Crippen molar-refractivity contribution < 1.29 is 9.59 Å². The predicted molar refractivity (Wildman–Crippen MR) is 114 cm³/mol. The number of nitrogens with zero attached hydrogens (tertiary/aromatic N) is 2. The van der Waals surface area contributed by atoms with E-state index in [1.54, 1.807) is 6.07 Å². The number of hydrogen-bond acceptors (Lipinski definition) is 4. The van der Waals surface area contributed by atoms with Crippen LogP contribution >= 0.6 is 0 Å². The van der Waals surface area contributed by atoms with Crippen molar-refractivity contribution in [2.45, 2.75) is 39.5 Å². The van der Waals surface area contributed by atoms with Crippen molar-refractivity contribution in [2.24, 2.45) is 16.8 Å². The molecular formula is C24H25N3O2. The molecule has 1 fully saturated rings. The Balaban J connectivity index is 1.79. The Labute approximate surface area is 171 Å². The van der Waals surface area contributed by atoms with E-state index in [1.807, 2.05) is 56.3 Å². The standard InChI is InChI=1S/C24H25N3O2/c1-14-12-18-23(19(28)13-14)22(17-9-5-4-6-10-17)21(16(3)26-18)24(29)27-20-11-7-8-15(2)25-20/h4-11,14,22-23H,12-13H2,1-3H3,(H,25,27,29)/t14-,22-,23-/m1/s1. The second-order valence-corrected chi connectivity index (χ2v) is 8.07. The number of carbonyl (C=O) groups is 2. The number of nitrogens with one attached hydrogen (secondary N) is 1. The van der Waals surface area contributed by atoms with Crippen molar-refractivity contribution >= 4 is 23.2 Å². The van der Waals surface area contributed by atoms with Gasteiger partial charge in [-0.1, -0.05) is 43.3 Å². The van der Waals surface area contributed by atoms with Gasteiger partial charge in [0.15, 0.2) is 0 Å². The molecule has 4 rings (SSSR count). The minimum absolute atomic E-state index is 0.169. The van der Waals surface area contributed by atoms with Gasteiger partial charge in [0.05, 0.1) is 5.92 Å². The highest BCUT2D eigenvalue weighted by molar-refractivity contribution is 6.14.